The fourth-order valence-corrected chi connectivity index (χ4v) is 7.14. The van der Waals surface area contributed by atoms with Gasteiger partial charge in [0, 0.05) is 29.4 Å². The Hall–Kier alpha value is -5.01. The highest BCUT2D eigenvalue weighted by molar-refractivity contribution is 6.34. The first-order valence-corrected chi connectivity index (χ1v) is 18.1. The first-order chi connectivity index (χ1) is 25.0. The summed E-state index contributed by atoms with van der Waals surface area (Å²) >= 11 is 0. The summed E-state index contributed by atoms with van der Waals surface area (Å²) in [5.74, 6) is -1.72. The van der Waals surface area contributed by atoms with Crippen LogP contribution in [0.3, 0.4) is 0 Å². The van der Waals surface area contributed by atoms with Gasteiger partial charge in [0.25, 0.3) is 0 Å². The van der Waals surface area contributed by atoms with E-state index in [0.29, 0.717) is 34.9 Å². The third-order valence-electron chi connectivity index (χ3n) is 10.1. The van der Waals surface area contributed by atoms with Crippen LogP contribution in [0.25, 0.3) is 10.9 Å². The lowest BCUT2D eigenvalue weighted by Gasteiger charge is -2.26. The van der Waals surface area contributed by atoms with Crippen molar-refractivity contribution in [1.82, 2.24) is 20.5 Å². The lowest BCUT2D eigenvalue weighted by atomic mass is 10.1. The van der Waals surface area contributed by atoms with Gasteiger partial charge in [-0.25, -0.2) is 14.6 Å². The van der Waals surface area contributed by atoms with Gasteiger partial charge in [-0.15, -0.1) is 0 Å². The minimum Gasteiger partial charge on any atom is -0.496 e. The van der Waals surface area contributed by atoms with Gasteiger partial charge in [0.2, 0.25) is 17.6 Å². The molecular weight excluding hydrogens is 670 g/mol. The van der Waals surface area contributed by atoms with Crippen molar-refractivity contribution in [3.05, 3.63) is 41.6 Å². The molecule has 2 heterocycles. The van der Waals surface area contributed by atoms with Crippen LogP contribution in [0.15, 0.2) is 30.4 Å². The van der Waals surface area contributed by atoms with E-state index in [1.54, 1.807) is 19.1 Å². The zero-order chi connectivity index (χ0) is 37.4. The molecule has 1 aliphatic heterocycles. The summed E-state index contributed by atoms with van der Waals surface area (Å²) in [4.78, 5) is 71.7. The van der Waals surface area contributed by atoms with E-state index in [1.807, 2.05) is 12.2 Å². The normalized spacial score (nSPS) is 22.6. The number of rotatable bonds is 16. The molecule has 1 aromatic carbocycles. The summed E-state index contributed by atoms with van der Waals surface area (Å²) in [6.07, 6.45) is 11.0. The van der Waals surface area contributed by atoms with Crippen LogP contribution in [0, 0.1) is 18.3 Å². The number of methoxy groups -OCH3 is 2. The van der Waals surface area contributed by atoms with Crippen LogP contribution in [-0.2, 0) is 23.9 Å². The van der Waals surface area contributed by atoms with Crippen molar-refractivity contribution in [3.8, 4) is 11.5 Å². The van der Waals surface area contributed by atoms with Gasteiger partial charge in [0.05, 0.1) is 32.5 Å². The summed E-state index contributed by atoms with van der Waals surface area (Å²) in [5, 5.41) is 13.5. The monoisotopic (exact) mass is 719 g/mol. The first-order valence-electron chi connectivity index (χ1n) is 18.1. The standard InChI is InChI=1S/C38H49N5O9/c1-5-6-7-8-9-12-24-19-38(24,36(47)50-4)42-35(46)29-17-26(22-43(29)33(45)21-40-37(48)52-25-13-10-11-14-25)51-32-18-28(30(44)20-39)41-34-23(2)31(49-3)16-15-27(32)34/h9,12,15-16,18,20,24-26,29,39H,5-8,10-11,13-14,17,19,21-22H2,1-4H3,(H,40,48)(H,42,46)/b12-9-,39-20?/t24?,26-,29?,38-/m1/s1. The number of benzene rings is 1. The number of carbonyl (C=O) groups excluding carboxylic acids is 5. The van der Waals surface area contributed by atoms with Crippen molar-refractivity contribution in [2.45, 2.75) is 102 Å². The zero-order valence-corrected chi connectivity index (χ0v) is 30.3. The highest BCUT2D eigenvalue weighted by Crippen LogP contribution is 2.46. The van der Waals surface area contributed by atoms with Crippen molar-refractivity contribution >= 4 is 46.8 Å². The number of carbonyl (C=O) groups is 5. The second-order valence-electron chi connectivity index (χ2n) is 13.7. The van der Waals surface area contributed by atoms with E-state index < -0.39 is 53.9 Å². The molecule has 3 amide bonds. The van der Waals surface area contributed by atoms with Gasteiger partial charge in [-0.05, 0) is 64.0 Å². The van der Waals surface area contributed by atoms with E-state index in [0.717, 1.165) is 51.4 Å². The number of aromatic nitrogens is 1. The summed E-state index contributed by atoms with van der Waals surface area (Å²) in [6.45, 7) is 3.47. The molecule has 52 heavy (non-hydrogen) atoms. The van der Waals surface area contributed by atoms with Gasteiger partial charge in [-0.1, -0.05) is 31.9 Å². The van der Waals surface area contributed by atoms with Crippen LogP contribution in [0.5, 0.6) is 11.5 Å². The van der Waals surface area contributed by atoms with Gasteiger partial charge in [-0.2, -0.15) is 0 Å². The molecule has 2 aromatic rings. The molecule has 5 rings (SSSR count). The predicted octanol–water partition coefficient (Wildman–Crippen LogP) is 4.59. The van der Waals surface area contributed by atoms with Crippen molar-refractivity contribution in [2.75, 3.05) is 27.3 Å². The van der Waals surface area contributed by atoms with Crippen molar-refractivity contribution in [1.29, 1.82) is 5.41 Å². The van der Waals surface area contributed by atoms with Crippen LogP contribution >= 0.6 is 0 Å². The topological polar surface area (TPSA) is 186 Å². The molecule has 2 aliphatic carbocycles. The number of nitrogens with one attached hydrogen (secondary N) is 3. The van der Waals surface area contributed by atoms with Crippen LogP contribution < -0.4 is 20.1 Å². The Bertz CT molecular complexity index is 1720. The molecule has 3 fully saturated rings. The van der Waals surface area contributed by atoms with E-state index >= 15 is 0 Å². The number of Topliss-reactive ketones (excluding diaryl/α,β-unsaturated/α-hetero) is 1. The number of likely N-dealkylation sites (tertiary alicyclic amines) is 1. The lowest BCUT2D eigenvalue weighted by molar-refractivity contribution is -0.148. The van der Waals surface area contributed by atoms with Gasteiger partial charge in [-0.3, -0.25) is 14.4 Å². The van der Waals surface area contributed by atoms with Gasteiger partial charge < -0.3 is 39.9 Å². The van der Waals surface area contributed by atoms with E-state index in [-0.39, 0.29) is 36.4 Å². The molecule has 280 valence electrons. The fourth-order valence-electron chi connectivity index (χ4n) is 7.14. The van der Waals surface area contributed by atoms with Crippen molar-refractivity contribution < 1.29 is 42.9 Å². The van der Waals surface area contributed by atoms with Crippen LogP contribution in [0.2, 0.25) is 0 Å². The van der Waals surface area contributed by atoms with E-state index in [1.165, 1.54) is 25.2 Å². The SMILES string of the molecule is CCCCC/C=C\C1C[C@]1(NC(=O)C1C[C@@H](Oc2cc(C(=O)C=N)nc3c(C)c(OC)ccc23)CN1C(=O)CNC(=O)OC1CCCC1)C(=O)OC. The number of unbranched alkanes of at least 4 members (excludes halogenated alkanes) is 3. The quantitative estimate of drug-likeness (QED) is 0.0729. The van der Waals surface area contributed by atoms with Gasteiger partial charge >= 0.3 is 12.1 Å². The maximum atomic E-state index is 14.1. The van der Waals surface area contributed by atoms with Crippen LogP contribution in [0.1, 0.15) is 87.2 Å². The number of amides is 3. The number of hydrogen-bond donors (Lipinski definition) is 3. The molecule has 1 saturated heterocycles. The maximum absolute atomic E-state index is 14.1. The molecule has 3 N–H and O–H groups in total. The number of esters is 1. The molecule has 0 spiro atoms. The molecule has 2 saturated carbocycles. The third-order valence-corrected chi connectivity index (χ3v) is 10.1. The lowest BCUT2D eigenvalue weighted by Crippen LogP contribution is -2.54. The highest BCUT2D eigenvalue weighted by Gasteiger charge is 2.62. The minimum atomic E-state index is -1.26. The number of alkyl carbamates (subject to hydrolysis) is 1. The number of hydrogen-bond acceptors (Lipinski definition) is 11. The zero-order valence-electron chi connectivity index (χ0n) is 30.3. The molecule has 4 atom stereocenters. The average Bonchev–Trinajstić information content (AvgIpc) is 3.42. The van der Waals surface area contributed by atoms with Crippen LogP contribution in [0.4, 0.5) is 4.79 Å². The number of fused-ring (bicyclic) bond motifs is 1. The summed E-state index contributed by atoms with van der Waals surface area (Å²) in [6, 6.07) is 3.87. The molecule has 3 aliphatic rings. The van der Waals surface area contributed by atoms with E-state index in [2.05, 4.69) is 22.5 Å². The first kappa shape index (κ1) is 38.2. The summed E-state index contributed by atoms with van der Waals surface area (Å²) in [7, 11) is 2.80. The van der Waals surface area contributed by atoms with Crippen molar-refractivity contribution in [2.24, 2.45) is 5.92 Å². The Morgan fingerprint density at radius 2 is 1.85 bits per heavy atom. The number of ether oxygens (including phenoxy) is 4. The molecule has 0 radical (unpaired) electrons. The predicted molar refractivity (Wildman–Crippen MR) is 192 cm³/mol. The number of allylic oxidation sites excluding steroid dienone is 1. The smallest absolute Gasteiger partial charge is 0.407 e. The van der Waals surface area contributed by atoms with E-state index in [9.17, 15) is 24.0 Å². The molecule has 0 bridgehead atoms. The molecule has 14 nitrogen and oxygen atoms in total. The Morgan fingerprint density at radius 3 is 2.54 bits per heavy atom. The summed E-state index contributed by atoms with van der Waals surface area (Å²) < 4.78 is 22.4. The Morgan fingerprint density at radius 1 is 1.08 bits per heavy atom. The Kier molecular flexibility index (Phi) is 12.5. The second-order valence-corrected chi connectivity index (χ2v) is 13.7. The molecule has 14 heteroatoms. The number of ketones is 1. The summed E-state index contributed by atoms with van der Waals surface area (Å²) in [5.41, 5.74) is -0.173. The highest BCUT2D eigenvalue weighted by atomic mass is 16.6. The van der Waals surface area contributed by atoms with Gasteiger partial charge in [0.1, 0.15) is 47.5 Å². The van der Waals surface area contributed by atoms with Crippen molar-refractivity contribution in [3.63, 3.8) is 0 Å². The molecule has 2 unspecified atom stereocenters. The van der Waals surface area contributed by atoms with Gasteiger partial charge in [0.15, 0.2) is 0 Å². The number of nitrogens with zero attached hydrogens (tertiary/aromatic N) is 2. The number of aryl methyl sites for hydroxylation is 1. The molecule has 1 aromatic heterocycles. The minimum absolute atomic E-state index is 0.0124. The maximum Gasteiger partial charge on any atom is 0.407 e. The third kappa shape index (κ3) is 8.54. The Balaban J connectivity index is 1.39. The second kappa shape index (κ2) is 17.0. The average molecular weight is 720 g/mol. The van der Waals surface area contributed by atoms with E-state index in [4.69, 9.17) is 24.4 Å². The largest absolute Gasteiger partial charge is 0.496 e. The molecular formula is C38H49N5O9. The van der Waals surface area contributed by atoms with Crippen LogP contribution in [-0.4, -0.2) is 96.9 Å². The number of pyridine rings is 1. The fraction of sp³-hybridized carbons (Fsp3) is 0.553. The Labute approximate surface area is 303 Å².